The Hall–Kier alpha value is -1.22. The van der Waals surface area contributed by atoms with E-state index in [4.69, 9.17) is 0 Å². The lowest BCUT2D eigenvalue weighted by Crippen LogP contribution is -2.45. The summed E-state index contributed by atoms with van der Waals surface area (Å²) in [6.07, 6.45) is 4.15. The number of piperidine rings is 1. The van der Waals surface area contributed by atoms with E-state index >= 15 is 0 Å². The Bertz CT molecular complexity index is 729. The Morgan fingerprint density at radius 2 is 1.88 bits per heavy atom. The highest BCUT2D eigenvalue weighted by atomic mass is 35.5. The van der Waals surface area contributed by atoms with Crippen molar-refractivity contribution in [3.8, 4) is 0 Å². The molecule has 1 N–H and O–H groups in total. The molecular weight excluding hydrogens is 366 g/mol. The van der Waals surface area contributed by atoms with Crippen molar-refractivity contribution in [3.63, 3.8) is 0 Å². The third-order valence-corrected chi connectivity index (χ3v) is 6.76. The molecule has 0 bridgehead atoms. The maximum absolute atomic E-state index is 12.7. The Balaban J connectivity index is 0.00000225. The summed E-state index contributed by atoms with van der Waals surface area (Å²) in [5, 5.41) is 14.6. The average molecular weight is 390 g/mol. The van der Waals surface area contributed by atoms with Crippen LogP contribution in [-0.2, 0) is 10.0 Å². The zero-order valence-corrected chi connectivity index (χ0v) is 15.8. The van der Waals surface area contributed by atoms with E-state index in [0.717, 1.165) is 25.3 Å². The molecule has 1 aromatic rings. The third kappa shape index (κ3) is 4.69. The highest BCUT2D eigenvalue weighted by molar-refractivity contribution is 7.89. The molecule has 9 heteroatoms. The zero-order chi connectivity index (χ0) is 17.3. The van der Waals surface area contributed by atoms with Crippen LogP contribution >= 0.6 is 12.4 Å². The largest absolute Gasteiger partial charge is 0.314 e. The van der Waals surface area contributed by atoms with E-state index in [9.17, 15) is 18.5 Å². The van der Waals surface area contributed by atoms with Crippen molar-refractivity contribution < 1.29 is 13.3 Å². The lowest BCUT2D eigenvalue weighted by molar-refractivity contribution is -0.385. The minimum absolute atomic E-state index is 0. The summed E-state index contributed by atoms with van der Waals surface area (Å²) in [7, 11) is -3.68. The van der Waals surface area contributed by atoms with Gasteiger partial charge in [-0.15, -0.1) is 12.4 Å². The summed E-state index contributed by atoms with van der Waals surface area (Å²) >= 11 is 0. The lowest BCUT2D eigenvalue weighted by atomic mass is 10.1. The van der Waals surface area contributed by atoms with E-state index < -0.39 is 14.9 Å². The number of nitro groups is 1. The smallest absolute Gasteiger partial charge is 0.273 e. The highest BCUT2D eigenvalue weighted by Gasteiger charge is 2.31. The predicted octanol–water partition coefficient (Wildman–Crippen LogP) is 2.48. The maximum atomic E-state index is 12.7. The minimum Gasteiger partial charge on any atom is -0.314 e. The fraction of sp³-hybridized carbons (Fsp3) is 0.625. The quantitative estimate of drug-likeness (QED) is 0.596. The molecule has 0 aromatic heterocycles. The molecule has 7 nitrogen and oxygen atoms in total. The SMILES string of the molecule is Cc1ccc(S(=O)(=O)N2CCC(NCC3CC3)CC2)cc1[N+](=O)[O-].Cl. The number of benzene rings is 1. The van der Waals surface area contributed by atoms with Crippen LogP contribution in [0.2, 0.25) is 0 Å². The molecule has 3 rings (SSSR count). The summed E-state index contributed by atoms with van der Waals surface area (Å²) in [5.74, 6) is 0.805. The van der Waals surface area contributed by atoms with Crippen molar-refractivity contribution in [2.24, 2.45) is 5.92 Å². The number of halogens is 1. The Morgan fingerprint density at radius 3 is 2.44 bits per heavy atom. The van der Waals surface area contributed by atoms with Crippen LogP contribution < -0.4 is 5.32 Å². The molecule has 140 valence electrons. The Kier molecular flexibility index (Phi) is 6.42. The van der Waals surface area contributed by atoms with Gasteiger partial charge in [0.1, 0.15) is 0 Å². The van der Waals surface area contributed by atoms with E-state index in [0.29, 0.717) is 24.7 Å². The minimum atomic E-state index is -3.68. The summed E-state index contributed by atoms with van der Waals surface area (Å²) in [4.78, 5) is 10.5. The van der Waals surface area contributed by atoms with Gasteiger partial charge in [-0.25, -0.2) is 8.42 Å². The van der Waals surface area contributed by atoms with Crippen LogP contribution in [0.5, 0.6) is 0 Å². The first kappa shape index (κ1) is 20.1. The van der Waals surface area contributed by atoms with Gasteiger partial charge in [0.05, 0.1) is 9.82 Å². The molecule has 0 radical (unpaired) electrons. The molecule has 25 heavy (non-hydrogen) atoms. The van der Waals surface area contributed by atoms with Crippen molar-refractivity contribution in [3.05, 3.63) is 33.9 Å². The molecule has 0 amide bonds. The van der Waals surface area contributed by atoms with Gasteiger partial charge in [0, 0.05) is 30.8 Å². The molecule has 1 saturated heterocycles. The van der Waals surface area contributed by atoms with E-state index in [-0.39, 0.29) is 23.0 Å². The summed E-state index contributed by atoms with van der Waals surface area (Å²) in [6, 6.07) is 4.48. The van der Waals surface area contributed by atoms with Gasteiger partial charge >= 0.3 is 0 Å². The van der Waals surface area contributed by atoms with Gasteiger partial charge < -0.3 is 5.32 Å². The van der Waals surface area contributed by atoms with Gasteiger partial charge in [-0.05, 0) is 51.1 Å². The fourth-order valence-corrected chi connectivity index (χ4v) is 4.54. The second-order valence-electron chi connectivity index (χ2n) is 6.74. The number of hydrogen-bond donors (Lipinski definition) is 1. The van der Waals surface area contributed by atoms with Crippen molar-refractivity contribution in [2.75, 3.05) is 19.6 Å². The highest BCUT2D eigenvalue weighted by Crippen LogP contribution is 2.29. The summed E-state index contributed by atoms with van der Waals surface area (Å²) < 4.78 is 26.9. The summed E-state index contributed by atoms with van der Waals surface area (Å²) in [5.41, 5.74) is 0.305. The molecule has 1 aromatic carbocycles. The molecular formula is C16H24ClN3O4S. The number of aryl methyl sites for hydroxylation is 1. The van der Waals surface area contributed by atoms with Crippen LogP contribution in [0.25, 0.3) is 0 Å². The molecule has 1 saturated carbocycles. The first-order valence-electron chi connectivity index (χ1n) is 8.36. The monoisotopic (exact) mass is 389 g/mol. The standard InChI is InChI=1S/C16H23N3O4S.ClH/c1-12-2-5-15(10-16(12)19(20)21)24(22,23)18-8-6-14(7-9-18)17-11-13-3-4-13;/h2,5,10,13-14,17H,3-4,6-9,11H2,1H3;1H. The fourth-order valence-electron chi connectivity index (χ4n) is 3.05. The molecule has 0 spiro atoms. The molecule has 1 aliphatic carbocycles. The van der Waals surface area contributed by atoms with Crippen molar-refractivity contribution in [2.45, 2.75) is 43.5 Å². The first-order valence-corrected chi connectivity index (χ1v) is 9.80. The zero-order valence-electron chi connectivity index (χ0n) is 14.2. The Morgan fingerprint density at radius 1 is 1.24 bits per heavy atom. The number of nitrogens with zero attached hydrogens (tertiary/aromatic N) is 2. The van der Waals surface area contributed by atoms with Crippen LogP contribution in [0, 0.1) is 23.0 Å². The first-order chi connectivity index (χ1) is 11.4. The van der Waals surface area contributed by atoms with Crippen LogP contribution in [-0.4, -0.2) is 43.3 Å². The van der Waals surface area contributed by atoms with Gasteiger partial charge in [0.15, 0.2) is 0 Å². The second-order valence-corrected chi connectivity index (χ2v) is 8.67. The van der Waals surface area contributed by atoms with E-state index in [1.807, 2.05) is 0 Å². The summed E-state index contributed by atoms with van der Waals surface area (Å²) in [6.45, 7) is 3.53. The Labute approximate surface area is 154 Å². The third-order valence-electron chi connectivity index (χ3n) is 4.86. The normalized spacial score (nSPS) is 19.4. The van der Waals surface area contributed by atoms with E-state index in [1.165, 1.54) is 35.3 Å². The van der Waals surface area contributed by atoms with Crippen LogP contribution in [0.1, 0.15) is 31.2 Å². The maximum Gasteiger partial charge on any atom is 0.273 e. The van der Waals surface area contributed by atoms with Crippen LogP contribution in [0.3, 0.4) is 0 Å². The van der Waals surface area contributed by atoms with Gasteiger partial charge in [-0.3, -0.25) is 10.1 Å². The van der Waals surface area contributed by atoms with Crippen molar-refractivity contribution in [1.29, 1.82) is 0 Å². The van der Waals surface area contributed by atoms with Crippen molar-refractivity contribution in [1.82, 2.24) is 9.62 Å². The van der Waals surface area contributed by atoms with Crippen LogP contribution in [0.15, 0.2) is 23.1 Å². The number of hydrogen-bond acceptors (Lipinski definition) is 5. The number of rotatable bonds is 6. The van der Waals surface area contributed by atoms with E-state index in [1.54, 1.807) is 6.92 Å². The van der Waals surface area contributed by atoms with E-state index in [2.05, 4.69) is 5.32 Å². The van der Waals surface area contributed by atoms with Gasteiger partial charge in [-0.1, -0.05) is 6.07 Å². The van der Waals surface area contributed by atoms with Gasteiger partial charge in [0.25, 0.3) is 5.69 Å². The van der Waals surface area contributed by atoms with Crippen molar-refractivity contribution >= 4 is 28.1 Å². The molecule has 0 unspecified atom stereocenters. The predicted molar refractivity (Wildman–Crippen MR) is 97.6 cm³/mol. The molecule has 2 fully saturated rings. The van der Waals surface area contributed by atoms with Gasteiger partial charge in [0.2, 0.25) is 10.0 Å². The lowest BCUT2D eigenvalue weighted by Gasteiger charge is -2.31. The van der Waals surface area contributed by atoms with Crippen LogP contribution in [0.4, 0.5) is 5.69 Å². The molecule has 1 heterocycles. The topological polar surface area (TPSA) is 92.6 Å². The second kappa shape index (κ2) is 7.99. The van der Waals surface area contributed by atoms with Gasteiger partial charge in [-0.2, -0.15) is 4.31 Å². The average Bonchev–Trinajstić information content (AvgIpc) is 3.37. The number of sulfonamides is 1. The molecule has 0 atom stereocenters. The number of nitrogens with one attached hydrogen (secondary N) is 1. The molecule has 2 aliphatic rings. The number of nitro benzene ring substituents is 1. The molecule has 1 aliphatic heterocycles.